The molecule has 0 heterocycles. The van der Waals surface area contributed by atoms with E-state index in [0.29, 0.717) is 0 Å². The highest BCUT2D eigenvalue weighted by molar-refractivity contribution is 5.81. The molecular weight excluding hydrogens is 142 g/mol. The lowest BCUT2D eigenvalue weighted by molar-refractivity contribution is -0.136. The molecule has 0 unspecified atom stereocenters. The molecule has 60 valence electrons. The van der Waals surface area contributed by atoms with Crippen LogP contribution in [0.1, 0.15) is 0 Å². The van der Waals surface area contributed by atoms with Crippen molar-refractivity contribution < 1.29 is 9.53 Å². The highest BCUT2D eigenvalue weighted by atomic mass is 16.5. The largest absolute Gasteiger partial charge is 0.458 e. The van der Waals surface area contributed by atoms with E-state index in [9.17, 15) is 4.79 Å². The smallest absolute Gasteiger partial charge is 0.332 e. The van der Waals surface area contributed by atoms with Gasteiger partial charge in [0.15, 0.2) is 0 Å². The molecular formula is C8H11NO2. The van der Waals surface area contributed by atoms with Crippen molar-refractivity contribution in [1.82, 2.24) is 0 Å². The molecule has 11 heavy (non-hydrogen) atoms. The first-order chi connectivity index (χ1) is 5.31. The average Bonchev–Trinajstić information content (AvgIpc) is 1.99. The lowest BCUT2D eigenvalue weighted by Crippen LogP contribution is -2.00. The fourth-order valence-electron chi connectivity index (χ4n) is 0.409. The first-order valence-electron chi connectivity index (χ1n) is 3.14. The summed E-state index contributed by atoms with van der Waals surface area (Å²) in [5, 5.41) is 0. The van der Waals surface area contributed by atoms with Gasteiger partial charge >= 0.3 is 5.97 Å². The Kier molecular flexibility index (Phi) is 5.70. The van der Waals surface area contributed by atoms with Crippen molar-refractivity contribution >= 4 is 5.97 Å². The molecule has 0 rings (SSSR count). The van der Waals surface area contributed by atoms with E-state index in [0.717, 1.165) is 12.3 Å². The second-order valence-electron chi connectivity index (χ2n) is 1.65. The van der Waals surface area contributed by atoms with Crippen LogP contribution in [0.4, 0.5) is 0 Å². The van der Waals surface area contributed by atoms with Gasteiger partial charge in [-0.05, 0) is 6.08 Å². The van der Waals surface area contributed by atoms with Gasteiger partial charge in [0, 0.05) is 12.3 Å². The lowest BCUT2D eigenvalue weighted by atomic mass is 10.5. The number of ether oxygens (including phenoxy) is 1. The van der Waals surface area contributed by atoms with Crippen molar-refractivity contribution in [1.29, 1.82) is 0 Å². The van der Waals surface area contributed by atoms with Crippen molar-refractivity contribution in [3.63, 3.8) is 0 Å². The summed E-state index contributed by atoms with van der Waals surface area (Å²) in [5.41, 5.74) is 4.94. The molecule has 0 saturated carbocycles. The summed E-state index contributed by atoms with van der Waals surface area (Å²) in [5.74, 6) is -0.443. The topological polar surface area (TPSA) is 52.3 Å². The predicted octanol–water partition coefficient (Wildman–Crippen LogP) is 0.744. The van der Waals surface area contributed by atoms with E-state index in [2.05, 4.69) is 11.3 Å². The average molecular weight is 153 g/mol. The zero-order valence-corrected chi connectivity index (χ0v) is 6.19. The molecule has 3 nitrogen and oxygen atoms in total. The predicted molar refractivity (Wildman–Crippen MR) is 43.6 cm³/mol. The zero-order valence-electron chi connectivity index (χ0n) is 6.19. The fraction of sp³-hybridized carbons (Fsp3) is 0.125. The number of rotatable bonds is 4. The van der Waals surface area contributed by atoms with Crippen molar-refractivity contribution in [3.05, 3.63) is 37.1 Å². The Balaban J connectivity index is 3.46. The lowest BCUT2D eigenvalue weighted by Gasteiger charge is -1.93. The maximum atomic E-state index is 10.6. The molecule has 2 N–H and O–H groups in total. The third-order valence-corrected chi connectivity index (χ3v) is 0.826. The van der Waals surface area contributed by atoms with Crippen LogP contribution in [0.3, 0.4) is 0 Å². The van der Waals surface area contributed by atoms with Gasteiger partial charge in [-0.2, -0.15) is 0 Å². The van der Waals surface area contributed by atoms with E-state index < -0.39 is 5.97 Å². The molecule has 0 saturated heterocycles. The molecule has 0 spiro atoms. The van der Waals surface area contributed by atoms with Gasteiger partial charge in [0.1, 0.15) is 6.61 Å². The van der Waals surface area contributed by atoms with Crippen LogP contribution in [0, 0.1) is 0 Å². The Labute approximate surface area is 65.8 Å². The molecule has 0 aromatic rings. The van der Waals surface area contributed by atoms with Crippen LogP contribution in [0.2, 0.25) is 0 Å². The van der Waals surface area contributed by atoms with Crippen LogP contribution in [0.25, 0.3) is 0 Å². The van der Waals surface area contributed by atoms with Gasteiger partial charge in [0.2, 0.25) is 0 Å². The third kappa shape index (κ3) is 6.37. The van der Waals surface area contributed by atoms with Gasteiger partial charge in [-0.15, -0.1) is 0 Å². The Bertz CT molecular complexity index is 183. The summed E-state index contributed by atoms with van der Waals surface area (Å²) < 4.78 is 4.64. The van der Waals surface area contributed by atoms with Crippen LogP contribution in [0.5, 0.6) is 0 Å². The first-order valence-corrected chi connectivity index (χ1v) is 3.14. The van der Waals surface area contributed by atoms with E-state index in [-0.39, 0.29) is 6.61 Å². The molecule has 0 aliphatic rings. The second kappa shape index (κ2) is 6.61. The van der Waals surface area contributed by atoms with Crippen LogP contribution in [-0.2, 0) is 9.53 Å². The normalized spacial score (nSPS) is 10.5. The Hall–Kier alpha value is -1.51. The number of nitrogens with two attached hydrogens (primary N) is 1. The molecule has 3 heteroatoms. The monoisotopic (exact) mass is 153 g/mol. The Morgan fingerprint density at radius 1 is 1.64 bits per heavy atom. The van der Waals surface area contributed by atoms with E-state index >= 15 is 0 Å². The summed E-state index contributed by atoms with van der Waals surface area (Å²) in [7, 11) is 0. The highest BCUT2D eigenvalue weighted by Crippen LogP contribution is 1.81. The van der Waals surface area contributed by atoms with Gasteiger partial charge in [-0.25, -0.2) is 4.79 Å². The molecule has 0 aromatic carbocycles. The fourth-order valence-corrected chi connectivity index (χ4v) is 0.409. The summed E-state index contributed by atoms with van der Waals surface area (Å²) in [4.78, 5) is 10.6. The van der Waals surface area contributed by atoms with Crippen LogP contribution in [-0.4, -0.2) is 12.6 Å². The molecule has 0 aliphatic heterocycles. The van der Waals surface area contributed by atoms with Gasteiger partial charge < -0.3 is 10.5 Å². The molecule has 0 bridgehead atoms. The maximum absolute atomic E-state index is 10.6. The zero-order chi connectivity index (χ0) is 8.53. The number of hydrogen-bond acceptors (Lipinski definition) is 3. The second-order valence-corrected chi connectivity index (χ2v) is 1.65. The van der Waals surface area contributed by atoms with E-state index in [1.165, 1.54) is 0 Å². The van der Waals surface area contributed by atoms with Crippen molar-refractivity contribution in [3.8, 4) is 0 Å². The number of carbonyl (C=O) groups excluding carboxylic acids is 1. The number of allylic oxidation sites excluding steroid dienone is 2. The Morgan fingerprint density at radius 3 is 2.91 bits per heavy atom. The quantitative estimate of drug-likeness (QED) is 0.368. The standard InChI is InChI=1S/C8H11NO2/c1-2-3-4-7-11-8(10)5-6-9/h2-6H,1,7,9H2/b4-3+,6-5-. The molecule has 0 atom stereocenters. The first kappa shape index (κ1) is 9.49. The minimum Gasteiger partial charge on any atom is -0.458 e. The van der Waals surface area contributed by atoms with Gasteiger partial charge in [-0.3, -0.25) is 0 Å². The van der Waals surface area contributed by atoms with Crippen LogP contribution >= 0.6 is 0 Å². The SMILES string of the molecule is C=C/C=C/COC(=O)/C=C\N. The third-order valence-electron chi connectivity index (χ3n) is 0.826. The van der Waals surface area contributed by atoms with Crippen molar-refractivity contribution in [2.75, 3.05) is 6.61 Å². The summed E-state index contributed by atoms with van der Waals surface area (Å²) in [6.45, 7) is 3.70. The van der Waals surface area contributed by atoms with Gasteiger partial charge in [0.25, 0.3) is 0 Å². The van der Waals surface area contributed by atoms with Gasteiger partial charge in [0.05, 0.1) is 0 Å². The van der Waals surface area contributed by atoms with Crippen molar-refractivity contribution in [2.24, 2.45) is 5.73 Å². The molecule has 0 fully saturated rings. The van der Waals surface area contributed by atoms with Crippen molar-refractivity contribution in [2.45, 2.75) is 0 Å². The van der Waals surface area contributed by atoms with E-state index in [1.54, 1.807) is 18.2 Å². The van der Waals surface area contributed by atoms with Crippen LogP contribution in [0.15, 0.2) is 37.1 Å². The minimum atomic E-state index is -0.443. The molecule has 0 aromatic heterocycles. The van der Waals surface area contributed by atoms with Gasteiger partial charge in [-0.1, -0.05) is 18.7 Å². The number of hydrogen-bond donors (Lipinski definition) is 1. The Morgan fingerprint density at radius 2 is 2.36 bits per heavy atom. The minimum absolute atomic E-state index is 0.245. The van der Waals surface area contributed by atoms with E-state index in [4.69, 9.17) is 5.73 Å². The maximum Gasteiger partial charge on any atom is 0.332 e. The van der Waals surface area contributed by atoms with Crippen LogP contribution < -0.4 is 5.73 Å². The number of carbonyl (C=O) groups is 1. The molecule has 0 aliphatic carbocycles. The summed E-state index contributed by atoms with van der Waals surface area (Å²) >= 11 is 0. The summed E-state index contributed by atoms with van der Waals surface area (Å²) in [6.07, 6.45) is 7.27. The summed E-state index contributed by atoms with van der Waals surface area (Å²) in [6, 6.07) is 0. The highest BCUT2D eigenvalue weighted by Gasteiger charge is 1.90. The molecule has 0 radical (unpaired) electrons. The molecule has 0 amide bonds. The van der Waals surface area contributed by atoms with E-state index in [1.807, 2.05) is 0 Å². The number of esters is 1.